The largest absolute Gasteiger partial charge is 0.392 e. The molecule has 16 heavy (non-hydrogen) atoms. The molecule has 1 atom stereocenters. The zero-order valence-corrected chi connectivity index (χ0v) is 10.6. The Morgan fingerprint density at radius 2 is 2.44 bits per heavy atom. The van der Waals surface area contributed by atoms with Crippen LogP contribution in [0.3, 0.4) is 0 Å². The summed E-state index contributed by atoms with van der Waals surface area (Å²) in [6, 6.07) is 0. The zero-order chi connectivity index (χ0) is 11.5. The highest BCUT2D eigenvalue weighted by molar-refractivity contribution is 7.99. The number of hydrogen-bond donors (Lipinski definition) is 1. The van der Waals surface area contributed by atoms with Crippen molar-refractivity contribution in [2.75, 3.05) is 12.4 Å². The number of thioether (sulfide) groups is 1. The molecule has 0 radical (unpaired) electrons. The van der Waals surface area contributed by atoms with E-state index in [9.17, 15) is 5.11 Å². The Balaban J connectivity index is 2.02. The molecule has 1 aliphatic rings. The molecule has 1 N–H and O–H groups in total. The monoisotopic (exact) mass is 242 g/mol. The number of nitrogens with zero attached hydrogens (tertiary/aromatic N) is 2. The molecule has 1 unspecified atom stereocenters. The summed E-state index contributed by atoms with van der Waals surface area (Å²) in [4.78, 5) is 0. The van der Waals surface area contributed by atoms with Gasteiger partial charge in [-0.2, -0.15) is 5.10 Å². The Morgan fingerprint density at radius 3 is 3.06 bits per heavy atom. The number of ether oxygens (including phenoxy) is 1. The van der Waals surface area contributed by atoms with Crippen LogP contribution in [0.15, 0.2) is 5.03 Å². The van der Waals surface area contributed by atoms with Crippen LogP contribution in [0.25, 0.3) is 0 Å². The van der Waals surface area contributed by atoms with Crippen LogP contribution >= 0.6 is 11.8 Å². The second kappa shape index (κ2) is 5.21. The maximum absolute atomic E-state index is 9.31. The van der Waals surface area contributed by atoms with Gasteiger partial charge in [0.2, 0.25) is 0 Å². The van der Waals surface area contributed by atoms with Gasteiger partial charge < -0.3 is 9.84 Å². The van der Waals surface area contributed by atoms with Gasteiger partial charge in [0.05, 0.1) is 23.4 Å². The number of aryl methyl sites for hydroxylation is 2. The van der Waals surface area contributed by atoms with E-state index in [1.165, 1.54) is 6.42 Å². The predicted molar refractivity (Wildman–Crippen MR) is 63.6 cm³/mol. The summed E-state index contributed by atoms with van der Waals surface area (Å²) in [5.41, 5.74) is 1.87. The Morgan fingerprint density at radius 1 is 1.62 bits per heavy atom. The first-order valence-electron chi connectivity index (χ1n) is 5.60. The van der Waals surface area contributed by atoms with Crippen molar-refractivity contribution < 1.29 is 9.84 Å². The van der Waals surface area contributed by atoms with Crippen molar-refractivity contribution in [1.82, 2.24) is 9.78 Å². The molecule has 1 aliphatic heterocycles. The maximum Gasteiger partial charge on any atom is 0.0995 e. The molecule has 0 aliphatic carbocycles. The normalized spacial score (nSPS) is 20.6. The van der Waals surface area contributed by atoms with Crippen molar-refractivity contribution in [2.45, 2.75) is 37.5 Å². The molecule has 0 amide bonds. The van der Waals surface area contributed by atoms with Crippen molar-refractivity contribution in [3.05, 3.63) is 11.3 Å². The lowest BCUT2D eigenvalue weighted by molar-refractivity contribution is 0.129. The van der Waals surface area contributed by atoms with Crippen LogP contribution in [0.2, 0.25) is 0 Å². The number of rotatable bonds is 4. The Hall–Kier alpha value is -0.520. The zero-order valence-electron chi connectivity index (χ0n) is 9.77. The highest BCUT2D eigenvalue weighted by Gasteiger charge is 2.18. The lowest BCUT2D eigenvalue weighted by Gasteiger charge is -2.09. The summed E-state index contributed by atoms with van der Waals surface area (Å²) in [6.07, 6.45) is 2.69. The first-order chi connectivity index (χ1) is 7.72. The average Bonchev–Trinajstić information content (AvgIpc) is 2.83. The molecule has 1 fully saturated rings. The molecular weight excluding hydrogens is 224 g/mol. The molecule has 1 aromatic heterocycles. The fraction of sp³-hybridized carbons (Fsp3) is 0.727. The highest BCUT2D eigenvalue weighted by Crippen LogP contribution is 2.28. The van der Waals surface area contributed by atoms with Crippen LogP contribution in [0, 0.1) is 6.92 Å². The van der Waals surface area contributed by atoms with Gasteiger partial charge in [-0.1, -0.05) is 0 Å². The van der Waals surface area contributed by atoms with Gasteiger partial charge in [-0.05, 0) is 19.8 Å². The number of aliphatic hydroxyl groups excluding tert-OH is 1. The van der Waals surface area contributed by atoms with E-state index in [1.54, 1.807) is 11.8 Å². The van der Waals surface area contributed by atoms with Crippen LogP contribution in [0.4, 0.5) is 0 Å². The molecule has 0 aromatic carbocycles. The number of aromatic nitrogens is 2. The van der Waals surface area contributed by atoms with Crippen LogP contribution in [0.1, 0.15) is 24.1 Å². The second-order valence-electron chi connectivity index (χ2n) is 4.10. The molecule has 0 spiro atoms. The molecule has 0 saturated carbocycles. The molecule has 1 aromatic rings. The van der Waals surface area contributed by atoms with Gasteiger partial charge in [0.25, 0.3) is 0 Å². The van der Waals surface area contributed by atoms with Crippen molar-refractivity contribution in [2.24, 2.45) is 7.05 Å². The molecule has 1 saturated heterocycles. The van der Waals surface area contributed by atoms with Gasteiger partial charge in [0.1, 0.15) is 0 Å². The van der Waals surface area contributed by atoms with Crippen molar-refractivity contribution >= 4 is 11.8 Å². The SMILES string of the molecule is Cc1nn(C)c(SCC2CCCO2)c1CO. The van der Waals surface area contributed by atoms with E-state index in [-0.39, 0.29) is 6.61 Å². The first kappa shape index (κ1) is 12.0. The molecule has 90 valence electrons. The van der Waals surface area contributed by atoms with Gasteiger partial charge in [-0.3, -0.25) is 4.68 Å². The molecule has 4 nitrogen and oxygen atoms in total. The lowest BCUT2D eigenvalue weighted by Crippen LogP contribution is -2.09. The number of hydrogen-bond acceptors (Lipinski definition) is 4. The predicted octanol–water partition coefficient (Wildman–Crippen LogP) is 1.49. The Labute approximate surface area is 100.0 Å². The van der Waals surface area contributed by atoms with E-state index in [0.717, 1.165) is 35.1 Å². The molecular formula is C11H18N2O2S. The van der Waals surface area contributed by atoms with Gasteiger partial charge in [-0.25, -0.2) is 0 Å². The fourth-order valence-electron chi connectivity index (χ4n) is 1.99. The Bertz CT molecular complexity index is 359. The van der Waals surface area contributed by atoms with Gasteiger partial charge in [-0.15, -0.1) is 11.8 Å². The minimum Gasteiger partial charge on any atom is -0.392 e. The maximum atomic E-state index is 9.31. The van der Waals surface area contributed by atoms with Gasteiger partial charge in [0.15, 0.2) is 0 Å². The second-order valence-corrected chi connectivity index (χ2v) is 5.11. The molecule has 0 bridgehead atoms. The summed E-state index contributed by atoms with van der Waals surface area (Å²) >= 11 is 1.73. The third-order valence-corrected chi connectivity index (χ3v) is 4.20. The highest BCUT2D eigenvalue weighted by atomic mass is 32.2. The van der Waals surface area contributed by atoms with E-state index >= 15 is 0 Å². The van der Waals surface area contributed by atoms with Crippen molar-refractivity contribution in [1.29, 1.82) is 0 Å². The van der Waals surface area contributed by atoms with Crippen LogP contribution in [0.5, 0.6) is 0 Å². The van der Waals surface area contributed by atoms with E-state index in [0.29, 0.717) is 6.10 Å². The number of aliphatic hydroxyl groups is 1. The van der Waals surface area contributed by atoms with Crippen molar-refractivity contribution in [3.63, 3.8) is 0 Å². The summed E-state index contributed by atoms with van der Waals surface area (Å²) < 4.78 is 7.43. The lowest BCUT2D eigenvalue weighted by atomic mass is 10.3. The van der Waals surface area contributed by atoms with E-state index in [1.807, 2.05) is 18.7 Å². The van der Waals surface area contributed by atoms with Crippen molar-refractivity contribution in [3.8, 4) is 0 Å². The minimum atomic E-state index is 0.0630. The first-order valence-corrected chi connectivity index (χ1v) is 6.58. The Kier molecular flexibility index (Phi) is 3.89. The molecule has 2 heterocycles. The average molecular weight is 242 g/mol. The van der Waals surface area contributed by atoms with E-state index in [2.05, 4.69) is 5.10 Å². The minimum absolute atomic E-state index is 0.0630. The van der Waals surface area contributed by atoms with Gasteiger partial charge in [0, 0.05) is 25.0 Å². The molecule has 2 rings (SSSR count). The summed E-state index contributed by atoms with van der Waals surface area (Å²) in [6.45, 7) is 2.89. The van der Waals surface area contributed by atoms with E-state index < -0.39 is 0 Å². The summed E-state index contributed by atoms with van der Waals surface area (Å²) in [7, 11) is 1.92. The third kappa shape index (κ3) is 2.42. The van der Waals surface area contributed by atoms with Crippen LogP contribution in [-0.4, -0.2) is 33.4 Å². The molecule has 5 heteroatoms. The smallest absolute Gasteiger partial charge is 0.0995 e. The standard InChI is InChI=1S/C11H18N2O2S/c1-8-10(6-14)11(13(2)12-8)16-7-9-4-3-5-15-9/h9,14H,3-7H2,1-2H3. The van der Waals surface area contributed by atoms with Gasteiger partial charge >= 0.3 is 0 Å². The quantitative estimate of drug-likeness (QED) is 0.813. The fourth-order valence-corrected chi connectivity index (χ4v) is 3.21. The summed E-state index contributed by atoms with van der Waals surface area (Å²) in [5, 5.41) is 14.7. The van der Waals surface area contributed by atoms with E-state index in [4.69, 9.17) is 4.74 Å². The van der Waals surface area contributed by atoms with Crippen LogP contribution in [-0.2, 0) is 18.4 Å². The topological polar surface area (TPSA) is 47.3 Å². The third-order valence-electron chi connectivity index (χ3n) is 2.88. The summed E-state index contributed by atoms with van der Waals surface area (Å²) in [5.74, 6) is 0.950. The van der Waals surface area contributed by atoms with Crippen LogP contribution < -0.4 is 0 Å².